The summed E-state index contributed by atoms with van der Waals surface area (Å²) in [7, 11) is 0. The second-order valence-corrected chi connectivity index (χ2v) is 5.06. The summed E-state index contributed by atoms with van der Waals surface area (Å²) in [6.45, 7) is 6.57. The van der Waals surface area contributed by atoms with Gasteiger partial charge >= 0.3 is 0 Å². The van der Waals surface area contributed by atoms with E-state index in [-0.39, 0.29) is 0 Å². The molecule has 1 aliphatic rings. The molecule has 2 N–H and O–H groups in total. The zero-order valence-electron chi connectivity index (χ0n) is 11.7. The maximum atomic E-state index is 5.85. The van der Waals surface area contributed by atoms with E-state index < -0.39 is 5.79 Å². The highest BCUT2D eigenvalue weighted by Crippen LogP contribution is 2.32. The molecule has 0 amide bonds. The van der Waals surface area contributed by atoms with Gasteiger partial charge < -0.3 is 19.9 Å². The Kier molecular flexibility index (Phi) is 4.80. The maximum Gasteiger partial charge on any atom is 0.207 e. The van der Waals surface area contributed by atoms with Crippen molar-refractivity contribution in [2.75, 3.05) is 26.4 Å². The highest BCUT2D eigenvalue weighted by Gasteiger charge is 2.37. The third-order valence-electron chi connectivity index (χ3n) is 3.24. The largest absolute Gasteiger partial charge is 0.494 e. The van der Waals surface area contributed by atoms with Crippen LogP contribution in [0.2, 0.25) is 0 Å². The standard InChI is InChI=1S/C15H23NO3/c1-3-8-17-14-6-4-13(5-7-14)15(11-16)18-9-12(2)10-19-15/h4-7,12H,3,8-11,16H2,1-2H3. The highest BCUT2D eigenvalue weighted by molar-refractivity contribution is 5.30. The minimum Gasteiger partial charge on any atom is -0.494 e. The zero-order valence-corrected chi connectivity index (χ0v) is 11.7. The predicted molar refractivity (Wildman–Crippen MR) is 74.0 cm³/mol. The lowest BCUT2D eigenvalue weighted by Gasteiger charge is -2.38. The van der Waals surface area contributed by atoms with E-state index in [1.807, 2.05) is 24.3 Å². The monoisotopic (exact) mass is 265 g/mol. The molecule has 0 atom stereocenters. The van der Waals surface area contributed by atoms with Gasteiger partial charge in [-0.25, -0.2) is 0 Å². The van der Waals surface area contributed by atoms with Crippen LogP contribution in [0.5, 0.6) is 5.75 Å². The Morgan fingerprint density at radius 1 is 1.26 bits per heavy atom. The fraction of sp³-hybridized carbons (Fsp3) is 0.600. The Morgan fingerprint density at radius 3 is 2.42 bits per heavy atom. The Labute approximate surface area is 114 Å². The van der Waals surface area contributed by atoms with Crippen molar-refractivity contribution in [3.8, 4) is 5.75 Å². The van der Waals surface area contributed by atoms with Crippen molar-refractivity contribution in [2.45, 2.75) is 26.1 Å². The van der Waals surface area contributed by atoms with Crippen LogP contribution >= 0.6 is 0 Å². The van der Waals surface area contributed by atoms with Crippen LogP contribution in [0.3, 0.4) is 0 Å². The van der Waals surface area contributed by atoms with E-state index >= 15 is 0 Å². The van der Waals surface area contributed by atoms with Crippen molar-refractivity contribution in [2.24, 2.45) is 11.7 Å². The van der Waals surface area contributed by atoms with Gasteiger partial charge in [0.05, 0.1) is 26.4 Å². The van der Waals surface area contributed by atoms with Crippen molar-refractivity contribution in [1.82, 2.24) is 0 Å². The molecule has 19 heavy (non-hydrogen) atoms. The normalized spacial score (nSPS) is 27.2. The fourth-order valence-electron chi connectivity index (χ4n) is 2.07. The first-order chi connectivity index (χ1) is 9.20. The summed E-state index contributed by atoms with van der Waals surface area (Å²) in [5.41, 5.74) is 6.80. The Hall–Kier alpha value is -1.10. The molecular formula is C15H23NO3. The van der Waals surface area contributed by atoms with E-state index in [9.17, 15) is 0 Å². The van der Waals surface area contributed by atoms with Crippen LogP contribution in [0, 0.1) is 5.92 Å². The summed E-state index contributed by atoms with van der Waals surface area (Å²) in [6, 6.07) is 7.81. The SMILES string of the molecule is CCCOc1ccc(C2(CN)OCC(C)CO2)cc1. The highest BCUT2D eigenvalue weighted by atomic mass is 16.7. The molecule has 1 saturated heterocycles. The van der Waals surface area contributed by atoms with Crippen molar-refractivity contribution >= 4 is 0 Å². The summed E-state index contributed by atoms with van der Waals surface area (Å²) in [5.74, 6) is 0.476. The smallest absolute Gasteiger partial charge is 0.207 e. The third-order valence-corrected chi connectivity index (χ3v) is 3.24. The first-order valence-electron chi connectivity index (χ1n) is 6.91. The first kappa shape index (κ1) is 14.3. The Bertz CT molecular complexity index is 383. The van der Waals surface area contributed by atoms with Crippen molar-refractivity contribution < 1.29 is 14.2 Å². The molecule has 0 saturated carbocycles. The molecule has 0 unspecified atom stereocenters. The summed E-state index contributed by atoms with van der Waals surface area (Å²) in [6.07, 6.45) is 0.999. The van der Waals surface area contributed by atoms with Crippen LogP contribution in [-0.2, 0) is 15.3 Å². The van der Waals surface area contributed by atoms with Gasteiger partial charge in [-0.3, -0.25) is 0 Å². The Balaban J connectivity index is 2.10. The molecule has 0 aromatic heterocycles. The minimum absolute atomic E-state index is 0.314. The molecule has 0 spiro atoms. The van der Waals surface area contributed by atoms with Gasteiger partial charge in [0.15, 0.2) is 0 Å². The van der Waals surface area contributed by atoms with Crippen LogP contribution in [0.4, 0.5) is 0 Å². The zero-order chi connectivity index (χ0) is 13.7. The van der Waals surface area contributed by atoms with Crippen molar-refractivity contribution in [3.63, 3.8) is 0 Å². The van der Waals surface area contributed by atoms with Gasteiger partial charge in [0.25, 0.3) is 0 Å². The molecule has 1 aromatic rings. The van der Waals surface area contributed by atoms with Gasteiger partial charge in [-0.1, -0.05) is 13.8 Å². The quantitative estimate of drug-likeness (QED) is 0.887. The molecule has 0 bridgehead atoms. The van der Waals surface area contributed by atoms with Crippen molar-refractivity contribution in [3.05, 3.63) is 29.8 Å². The van der Waals surface area contributed by atoms with E-state index in [4.69, 9.17) is 19.9 Å². The molecule has 1 fully saturated rings. The molecule has 1 aromatic carbocycles. The fourth-order valence-corrected chi connectivity index (χ4v) is 2.07. The second kappa shape index (κ2) is 6.37. The molecule has 0 aliphatic carbocycles. The molecule has 0 radical (unpaired) electrons. The minimum atomic E-state index is -0.796. The lowest BCUT2D eigenvalue weighted by atomic mass is 10.0. The van der Waals surface area contributed by atoms with Crippen LogP contribution in [0.25, 0.3) is 0 Å². The molecule has 2 rings (SSSR count). The molecule has 4 heteroatoms. The van der Waals surface area contributed by atoms with Crippen LogP contribution < -0.4 is 10.5 Å². The second-order valence-electron chi connectivity index (χ2n) is 5.06. The maximum absolute atomic E-state index is 5.85. The molecular weight excluding hydrogens is 242 g/mol. The first-order valence-corrected chi connectivity index (χ1v) is 6.91. The van der Waals surface area contributed by atoms with E-state index in [1.165, 1.54) is 0 Å². The van der Waals surface area contributed by atoms with E-state index in [0.717, 1.165) is 24.3 Å². The summed E-state index contributed by atoms with van der Waals surface area (Å²) < 4.78 is 17.3. The molecule has 4 nitrogen and oxygen atoms in total. The van der Waals surface area contributed by atoms with Gasteiger partial charge in [-0.15, -0.1) is 0 Å². The van der Waals surface area contributed by atoms with Gasteiger partial charge in [0, 0.05) is 11.5 Å². The lowest BCUT2D eigenvalue weighted by molar-refractivity contribution is -0.284. The van der Waals surface area contributed by atoms with Gasteiger partial charge in [0.1, 0.15) is 5.75 Å². The number of rotatable bonds is 5. The number of ether oxygens (including phenoxy) is 3. The number of hydrogen-bond acceptors (Lipinski definition) is 4. The third kappa shape index (κ3) is 3.26. The van der Waals surface area contributed by atoms with E-state index in [2.05, 4.69) is 13.8 Å². The number of hydrogen-bond donors (Lipinski definition) is 1. The van der Waals surface area contributed by atoms with Gasteiger partial charge in [0.2, 0.25) is 5.79 Å². The topological polar surface area (TPSA) is 53.7 Å². The summed E-state index contributed by atoms with van der Waals surface area (Å²) >= 11 is 0. The average molecular weight is 265 g/mol. The predicted octanol–water partition coefficient (Wildman–Crippen LogP) is 2.27. The lowest BCUT2D eigenvalue weighted by Crippen LogP contribution is -2.46. The summed E-state index contributed by atoms with van der Waals surface area (Å²) in [5, 5.41) is 0. The summed E-state index contributed by atoms with van der Waals surface area (Å²) in [4.78, 5) is 0. The molecule has 1 aliphatic heterocycles. The molecule has 106 valence electrons. The van der Waals surface area contributed by atoms with Gasteiger partial charge in [-0.2, -0.15) is 0 Å². The van der Waals surface area contributed by atoms with Crippen LogP contribution in [-0.4, -0.2) is 26.4 Å². The average Bonchev–Trinajstić information content (AvgIpc) is 2.47. The van der Waals surface area contributed by atoms with Gasteiger partial charge in [-0.05, 0) is 30.7 Å². The van der Waals surface area contributed by atoms with Crippen LogP contribution in [0.15, 0.2) is 24.3 Å². The van der Waals surface area contributed by atoms with Crippen LogP contribution in [0.1, 0.15) is 25.8 Å². The Morgan fingerprint density at radius 2 is 1.89 bits per heavy atom. The number of benzene rings is 1. The van der Waals surface area contributed by atoms with E-state index in [0.29, 0.717) is 25.7 Å². The number of nitrogens with two attached hydrogens (primary N) is 1. The van der Waals surface area contributed by atoms with E-state index in [1.54, 1.807) is 0 Å². The van der Waals surface area contributed by atoms with Crippen molar-refractivity contribution in [1.29, 1.82) is 0 Å². The molecule has 1 heterocycles.